The molecule has 1 rings (SSSR count). The van der Waals surface area contributed by atoms with E-state index < -0.39 is 0 Å². The number of rotatable bonds is 5. The lowest BCUT2D eigenvalue weighted by Gasteiger charge is -2.05. The molecule has 1 aromatic rings. The minimum atomic E-state index is 0.785. The fourth-order valence-corrected chi connectivity index (χ4v) is 1.56. The van der Waals surface area contributed by atoms with Crippen LogP contribution in [0, 0.1) is 0 Å². The van der Waals surface area contributed by atoms with Gasteiger partial charge in [0.1, 0.15) is 5.75 Å². The van der Waals surface area contributed by atoms with Gasteiger partial charge in [-0.1, -0.05) is 28.1 Å². The van der Waals surface area contributed by atoms with Gasteiger partial charge in [-0.3, -0.25) is 0 Å². The minimum Gasteiger partial charge on any atom is -0.493 e. The number of hydrogen-bond donors (Lipinski definition) is 0. The largest absolute Gasteiger partial charge is 0.493 e. The van der Waals surface area contributed by atoms with Gasteiger partial charge in [-0.05, 0) is 24.0 Å². The van der Waals surface area contributed by atoms with Crippen molar-refractivity contribution in [2.75, 3.05) is 18.6 Å². The predicted octanol–water partition coefficient (Wildman–Crippen LogP) is 3.32. The second-order valence-electron chi connectivity index (χ2n) is 2.62. The Hall–Kier alpha value is -0.150. The third-order valence-corrected chi connectivity index (χ3v) is 2.83. The standard InChI is InChI=1S/C10H13BrOS/c1-13-6-5-12-10-4-2-3-9(7-10)8-11/h2-4,7H,5-6,8H2,1H3. The van der Waals surface area contributed by atoms with Crippen molar-refractivity contribution in [2.24, 2.45) is 0 Å². The molecule has 72 valence electrons. The van der Waals surface area contributed by atoms with E-state index in [0.29, 0.717) is 0 Å². The average Bonchev–Trinajstić information content (AvgIpc) is 2.19. The van der Waals surface area contributed by atoms with Crippen LogP contribution in [0.5, 0.6) is 5.75 Å². The molecule has 0 aliphatic heterocycles. The fraction of sp³-hybridized carbons (Fsp3) is 0.400. The normalized spacial score (nSPS) is 10.0. The van der Waals surface area contributed by atoms with Crippen molar-refractivity contribution in [1.29, 1.82) is 0 Å². The zero-order chi connectivity index (χ0) is 9.52. The summed E-state index contributed by atoms with van der Waals surface area (Å²) in [4.78, 5) is 0. The van der Waals surface area contributed by atoms with Crippen molar-refractivity contribution in [3.05, 3.63) is 29.8 Å². The van der Waals surface area contributed by atoms with E-state index in [-0.39, 0.29) is 0 Å². The number of halogens is 1. The molecule has 3 heteroatoms. The Morgan fingerprint density at radius 1 is 1.46 bits per heavy atom. The van der Waals surface area contributed by atoms with Crippen LogP contribution in [0.15, 0.2) is 24.3 Å². The smallest absolute Gasteiger partial charge is 0.119 e. The molecule has 0 aliphatic carbocycles. The minimum absolute atomic E-state index is 0.785. The van der Waals surface area contributed by atoms with Crippen LogP contribution in [0.25, 0.3) is 0 Å². The van der Waals surface area contributed by atoms with E-state index in [0.717, 1.165) is 23.4 Å². The fourth-order valence-electron chi connectivity index (χ4n) is 0.961. The van der Waals surface area contributed by atoms with Gasteiger partial charge in [0.05, 0.1) is 6.61 Å². The molecule has 0 spiro atoms. The lowest BCUT2D eigenvalue weighted by Crippen LogP contribution is -1.99. The zero-order valence-corrected chi connectivity index (χ0v) is 10.0. The molecule has 0 fully saturated rings. The number of ether oxygens (including phenoxy) is 1. The first kappa shape index (κ1) is 10.9. The van der Waals surface area contributed by atoms with Gasteiger partial charge in [0.15, 0.2) is 0 Å². The first-order chi connectivity index (χ1) is 6.36. The monoisotopic (exact) mass is 260 g/mol. The SMILES string of the molecule is CSCCOc1cccc(CBr)c1. The summed E-state index contributed by atoms with van der Waals surface area (Å²) in [5, 5.41) is 0.882. The summed E-state index contributed by atoms with van der Waals surface area (Å²) < 4.78 is 5.55. The highest BCUT2D eigenvalue weighted by atomic mass is 79.9. The molecule has 1 aromatic carbocycles. The maximum Gasteiger partial charge on any atom is 0.119 e. The van der Waals surface area contributed by atoms with Crippen LogP contribution < -0.4 is 4.74 Å². The van der Waals surface area contributed by atoms with Gasteiger partial charge in [0.2, 0.25) is 0 Å². The topological polar surface area (TPSA) is 9.23 Å². The van der Waals surface area contributed by atoms with Crippen LogP contribution >= 0.6 is 27.7 Å². The van der Waals surface area contributed by atoms with Crippen molar-refractivity contribution >= 4 is 27.7 Å². The van der Waals surface area contributed by atoms with E-state index >= 15 is 0 Å². The van der Waals surface area contributed by atoms with Crippen LogP contribution in [-0.4, -0.2) is 18.6 Å². The van der Waals surface area contributed by atoms with Gasteiger partial charge in [0, 0.05) is 11.1 Å². The summed E-state index contributed by atoms with van der Waals surface area (Å²) in [6, 6.07) is 8.16. The van der Waals surface area contributed by atoms with Gasteiger partial charge in [-0.25, -0.2) is 0 Å². The third-order valence-electron chi connectivity index (χ3n) is 1.61. The molecular formula is C10H13BrOS. The summed E-state index contributed by atoms with van der Waals surface area (Å²) in [6.07, 6.45) is 2.08. The molecule has 0 atom stereocenters. The molecular weight excluding hydrogens is 248 g/mol. The molecule has 0 unspecified atom stereocenters. The van der Waals surface area contributed by atoms with E-state index in [1.807, 2.05) is 12.1 Å². The van der Waals surface area contributed by atoms with E-state index in [1.54, 1.807) is 11.8 Å². The lowest BCUT2D eigenvalue weighted by molar-refractivity contribution is 0.344. The highest BCUT2D eigenvalue weighted by Crippen LogP contribution is 2.15. The maximum atomic E-state index is 5.55. The van der Waals surface area contributed by atoms with Crippen molar-refractivity contribution in [3.8, 4) is 5.75 Å². The van der Waals surface area contributed by atoms with Crippen LogP contribution in [0.2, 0.25) is 0 Å². The Labute approximate surface area is 92.0 Å². The first-order valence-corrected chi connectivity index (χ1v) is 6.65. The van der Waals surface area contributed by atoms with E-state index in [2.05, 4.69) is 34.3 Å². The van der Waals surface area contributed by atoms with Gasteiger partial charge in [-0.2, -0.15) is 11.8 Å². The van der Waals surface area contributed by atoms with Crippen LogP contribution in [0.3, 0.4) is 0 Å². The van der Waals surface area contributed by atoms with E-state index in [1.165, 1.54) is 5.56 Å². The van der Waals surface area contributed by atoms with Gasteiger partial charge in [-0.15, -0.1) is 0 Å². The second kappa shape index (κ2) is 6.33. The second-order valence-corrected chi connectivity index (χ2v) is 4.17. The Balaban J connectivity index is 2.46. The van der Waals surface area contributed by atoms with Gasteiger partial charge in [0.25, 0.3) is 0 Å². The van der Waals surface area contributed by atoms with E-state index in [4.69, 9.17) is 4.74 Å². The number of alkyl halides is 1. The Morgan fingerprint density at radius 3 is 3.00 bits per heavy atom. The lowest BCUT2D eigenvalue weighted by atomic mass is 10.2. The Bertz CT molecular complexity index is 252. The van der Waals surface area contributed by atoms with Crippen molar-refractivity contribution in [2.45, 2.75) is 5.33 Å². The molecule has 0 bridgehead atoms. The molecule has 0 amide bonds. The quantitative estimate of drug-likeness (QED) is 0.594. The molecule has 0 radical (unpaired) electrons. The van der Waals surface area contributed by atoms with Crippen LogP contribution in [0.1, 0.15) is 5.56 Å². The highest BCUT2D eigenvalue weighted by molar-refractivity contribution is 9.08. The molecule has 0 heterocycles. The molecule has 0 aromatic heterocycles. The molecule has 0 N–H and O–H groups in total. The van der Waals surface area contributed by atoms with Crippen molar-refractivity contribution < 1.29 is 4.74 Å². The van der Waals surface area contributed by atoms with Crippen molar-refractivity contribution in [3.63, 3.8) is 0 Å². The summed E-state index contributed by atoms with van der Waals surface area (Å²) in [5.74, 6) is 2.00. The summed E-state index contributed by atoms with van der Waals surface area (Å²) in [6.45, 7) is 0.785. The van der Waals surface area contributed by atoms with Gasteiger partial charge < -0.3 is 4.74 Å². The Morgan fingerprint density at radius 2 is 2.31 bits per heavy atom. The average molecular weight is 261 g/mol. The maximum absolute atomic E-state index is 5.55. The van der Waals surface area contributed by atoms with Crippen molar-refractivity contribution in [1.82, 2.24) is 0 Å². The van der Waals surface area contributed by atoms with Crippen LogP contribution in [0.4, 0.5) is 0 Å². The number of thioether (sulfide) groups is 1. The third kappa shape index (κ3) is 4.05. The highest BCUT2D eigenvalue weighted by Gasteiger charge is 1.94. The zero-order valence-electron chi connectivity index (χ0n) is 7.63. The predicted molar refractivity (Wildman–Crippen MR) is 63.0 cm³/mol. The summed E-state index contributed by atoms with van der Waals surface area (Å²) in [5.41, 5.74) is 1.25. The van der Waals surface area contributed by atoms with Gasteiger partial charge >= 0.3 is 0 Å². The Kier molecular flexibility index (Phi) is 5.32. The molecule has 0 saturated carbocycles. The number of benzene rings is 1. The summed E-state index contributed by atoms with van der Waals surface area (Å²) in [7, 11) is 0. The molecule has 13 heavy (non-hydrogen) atoms. The molecule has 1 nitrogen and oxygen atoms in total. The number of hydrogen-bond acceptors (Lipinski definition) is 2. The molecule has 0 aliphatic rings. The van der Waals surface area contributed by atoms with E-state index in [9.17, 15) is 0 Å². The molecule has 0 saturated heterocycles. The first-order valence-electron chi connectivity index (χ1n) is 4.13. The van der Waals surface area contributed by atoms with Crippen LogP contribution in [-0.2, 0) is 5.33 Å². The summed E-state index contributed by atoms with van der Waals surface area (Å²) >= 11 is 5.21.